The molecule has 3 N–H and O–H groups in total. The van der Waals surface area contributed by atoms with Crippen molar-refractivity contribution in [3.63, 3.8) is 0 Å². The molecule has 0 aliphatic carbocycles. The van der Waals surface area contributed by atoms with Gasteiger partial charge >= 0.3 is 0 Å². The lowest BCUT2D eigenvalue weighted by Gasteiger charge is -2.41. The summed E-state index contributed by atoms with van der Waals surface area (Å²) < 4.78 is 2.25. The second-order valence-electron chi connectivity index (χ2n) is 11.2. The Morgan fingerprint density at radius 3 is 2.93 bits per heavy atom. The average molecular weight is 557 g/mol. The van der Waals surface area contributed by atoms with Gasteiger partial charge in [-0.1, -0.05) is 24.3 Å². The van der Waals surface area contributed by atoms with Gasteiger partial charge in [-0.25, -0.2) is 15.0 Å². The predicted molar refractivity (Wildman–Crippen MR) is 164 cm³/mol. The Labute approximate surface area is 241 Å². The number of fused-ring (bicyclic) bond motifs is 3. The van der Waals surface area contributed by atoms with Crippen molar-refractivity contribution in [2.45, 2.75) is 44.4 Å². The van der Waals surface area contributed by atoms with Crippen molar-refractivity contribution in [1.82, 2.24) is 29.8 Å². The fraction of sp³-hybridized carbons (Fsp3) is 0.387. The fourth-order valence-corrected chi connectivity index (χ4v) is 5.23. The van der Waals surface area contributed by atoms with E-state index in [1.807, 2.05) is 48.3 Å². The minimum absolute atomic E-state index is 0.294. The van der Waals surface area contributed by atoms with Crippen LogP contribution in [0.5, 0.6) is 0 Å². The van der Waals surface area contributed by atoms with E-state index in [1.165, 1.54) is 0 Å². The number of aliphatic hydroxyl groups is 1. The third kappa shape index (κ3) is 6.51. The van der Waals surface area contributed by atoms with Crippen molar-refractivity contribution in [2.75, 3.05) is 44.6 Å². The molecule has 0 spiro atoms. The molecule has 10 nitrogen and oxygen atoms in total. The Hall–Kier alpha value is -3.99. The van der Waals surface area contributed by atoms with Crippen LogP contribution in [0.25, 0.3) is 10.9 Å². The van der Waals surface area contributed by atoms with Gasteiger partial charge in [0, 0.05) is 55.7 Å². The van der Waals surface area contributed by atoms with Gasteiger partial charge < -0.3 is 25.2 Å². The summed E-state index contributed by atoms with van der Waals surface area (Å²) in [5.74, 6) is 1.53. The number of aldehydes is 1. The van der Waals surface area contributed by atoms with E-state index in [-0.39, 0.29) is 6.04 Å². The van der Waals surface area contributed by atoms with E-state index in [1.54, 1.807) is 6.20 Å². The summed E-state index contributed by atoms with van der Waals surface area (Å²) in [7, 11) is 6.10. The first-order valence-corrected chi connectivity index (χ1v) is 14.1. The van der Waals surface area contributed by atoms with Crippen LogP contribution in [0.2, 0.25) is 0 Å². The molecule has 41 heavy (non-hydrogen) atoms. The zero-order chi connectivity index (χ0) is 29.0. The summed E-state index contributed by atoms with van der Waals surface area (Å²) in [6, 6.07) is 8.00. The van der Waals surface area contributed by atoms with Gasteiger partial charge in [0.1, 0.15) is 5.82 Å². The molecule has 216 valence electrons. The summed E-state index contributed by atoms with van der Waals surface area (Å²) in [4.78, 5) is 23.6. The molecule has 4 heterocycles. The summed E-state index contributed by atoms with van der Waals surface area (Å²) in [6.45, 7) is 4.34. The van der Waals surface area contributed by atoms with Gasteiger partial charge in [0.2, 0.25) is 5.95 Å². The molecule has 2 aliphatic rings. The first kappa shape index (κ1) is 28.5. The number of hydrogen-bond donors (Lipinski definition) is 3. The Morgan fingerprint density at radius 2 is 2.12 bits per heavy atom. The van der Waals surface area contributed by atoms with Crippen LogP contribution in [0.4, 0.5) is 17.5 Å². The largest absolute Gasteiger partial charge is 0.388 e. The number of allylic oxidation sites excluding steroid dienone is 3. The molecular formula is C31H40N8O2. The third-order valence-corrected chi connectivity index (χ3v) is 7.63. The number of carbonyl (C=O) groups excluding carboxylic acids is 1. The van der Waals surface area contributed by atoms with Crippen molar-refractivity contribution >= 4 is 34.6 Å². The minimum atomic E-state index is -0.941. The number of hydrogen-bond acceptors (Lipinski definition) is 9. The van der Waals surface area contributed by atoms with E-state index in [0.29, 0.717) is 36.1 Å². The third-order valence-electron chi connectivity index (χ3n) is 7.63. The van der Waals surface area contributed by atoms with Gasteiger partial charge in [0.05, 0.1) is 17.2 Å². The van der Waals surface area contributed by atoms with E-state index in [0.717, 1.165) is 48.8 Å². The molecular weight excluding hydrogens is 516 g/mol. The zero-order valence-electron chi connectivity index (χ0n) is 24.3. The van der Waals surface area contributed by atoms with Gasteiger partial charge in [-0.2, -0.15) is 4.98 Å². The number of rotatable bonds is 7. The first-order chi connectivity index (χ1) is 19.7. The molecule has 3 aromatic rings. The van der Waals surface area contributed by atoms with E-state index >= 15 is 0 Å². The standard InChI is InChI=1S/C31H40N8O2/c1-31(41)15-7-5-6-8-16-37(4)39(28-11-9-10-27(31)34-28)29-24(22-40)21-32-30(35-29)33-25-12-13-26-23(20-25)14-17-38(26)19-18-36(2)3/h6,8-14,17,20-22,27,34,41H,5,7,15-16,18-19H2,1-4H3,(H,32,33,35)/b8-6-. The Balaban J connectivity index is 1.47. The van der Waals surface area contributed by atoms with E-state index in [2.05, 4.69) is 75.7 Å². The van der Waals surface area contributed by atoms with Crippen molar-refractivity contribution < 1.29 is 9.90 Å². The quantitative estimate of drug-likeness (QED) is 0.294. The maximum Gasteiger partial charge on any atom is 0.229 e. The number of benzene rings is 1. The number of nitrogens with one attached hydrogen (secondary N) is 2. The van der Waals surface area contributed by atoms with Crippen molar-refractivity contribution in [2.24, 2.45) is 0 Å². The monoisotopic (exact) mass is 556 g/mol. The number of aromatic nitrogens is 3. The average Bonchev–Trinajstić information content (AvgIpc) is 3.36. The van der Waals surface area contributed by atoms with Crippen molar-refractivity contribution in [3.8, 4) is 0 Å². The van der Waals surface area contributed by atoms with Crippen molar-refractivity contribution in [3.05, 3.63) is 78.4 Å². The molecule has 10 heteroatoms. The SMILES string of the molecule is CN(C)CCn1ccc2cc(Nc3ncc(C=O)c(N4C5=CC=CC(N5)C(C)(O)CCC/C=C\CN4C)n3)ccc21. The lowest BCUT2D eigenvalue weighted by molar-refractivity contribution is 0.0266. The number of nitrogens with zero attached hydrogens (tertiary/aromatic N) is 6. The minimum Gasteiger partial charge on any atom is -0.388 e. The summed E-state index contributed by atoms with van der Waals surface area (Å²) in [6.07, 6.45) is 16.9. The number of likely N-dealkylation sites (N-methyl/N-ethyl adjacent to an activating group) is 2. The highest BCUT2D eigenvalue weighted by molar-refractivity contribution is 5.85. The van der Waals surface area contributed by atoms with Crippen LogP contribution in [-0.2, 0) is 6.54 Å². The Morgan fingerprint density at radius 1 is 1.27 bits per heavy atom. The topological polar surface area (TPSA) is 102 Å². The molecule has 2 aliphatic heterocycles. The van der Waals surface area contributed by atoms with Crippen LogP contribution in [0.3, 0.4) is 0 Å². The van der Waals surface area contributed by atoms with E-state index in [9.17, 15) is 9.90 Å². The molecule has 5 rings (SSSR count). The van der Waals surface area contributed by atoms with Gasteiger partial charge in [-0.3, -0.25) is 4.79 Å². The summed E-state index contributed by atoms with van der Waals surface area (Å²) in [5.41, 5.74) is 1.43. The number of anilines is 3. The molecule has 2 bridgehead atoms. The van der Waals surface area contributed by atoms with Crippen LogP contribution in [0.15, 0.2) is 72.9 Å². The predicted octanol–water partition coefficient (Wildman–Crippen LogP) is 4.06. The van der Waals surface area contributed by atoms with E-state index in [4.69, 9.17) is 4.98 Å². The summed E-state index contributed by atoms with van der Waals surface area (Å²) >= 11 is 0. The molecule has 2 aromatic heterocycles. The van der Waals surface area contributed by atoms with Gasteiger partial charge in [-0.15, -0.1) is 0 Å². The Kier molecular flexibility index (Phi) is 8.53. The van der Waals surface area contributed by atoms with Crippen LogP contribution < -0.4 is 15.6 Å². The number of dihydropyridines is 1. The molecule has 1 aromatic carbocycles. The molecule has 2 unspecified atom stereocenters. The normalized spacial score (nSPS) is 22.5. The number of carbonyl (C=O) groups is 1. The van der Waals surface area contributed by atoms with Crippen LogP contribution in [0, 0.1) is 0 Å². The zero-order valence-corrected chi connectivity index (χ0v) is 24.3. The van der Waals surface area contributed by atoms with Gasteiger partial charge in [-0.05, 0) is 70.6 Å². The van der Waals surface area contributed by atoms with Crippen LogP contribution in [0.1, 0.15) is 36.5 Å². The van der Waals surface area contributed by atoms with Crippen LogP contribution in [-0.4, -0.2) is 81.7 Å². The maximum absolute atomic E-state index is 12.2. The van der Waals surface area contributed by atoms with Gasteiger partial charge in [0.25, 0.3) is 0 Å². The molecule has 0 radical (unpaired) electrons. The molecule has 0 amide bonds. The van der Waals surface area contributed by atoms with Gasteiger partial charge in [0.15, 0.2) is 12.1 Å². The van der Waals surface area contributed by atoms with E-state index < -0.39 is 5.60 Å². The first-order valence-electron chi connectivity index (χ1n) is 14.1. The van der Waals surface area contributed by atoms with Crippen LogP contribution >= 0.6 is 0 Å². The highest BCUT2D eigenvalue weighted by Crippen LogP contribution is 2.29. The summed E-state index contributed by atoms with van der Waals surface area (Å²) in [5, 5.41) is 23.0. The lowest BCUT2D eigenvalue weighted by atomic mass is 9.89. The highest BCUT2D eigenvalue weighted by atomic mass is 16.3. The Bertz CT molecular complexity index is 1470. The lowest BCUT2D eigenvalue weighted by Crippen LogP contribution is -2.54. The molecule has 0 saturated carbocycles. The molecule has 0 fully saturated rings. The number of hydrazine groups is 1. The second kappa shape index (κ2) is 12.3. The fourth-order valence-electron chi connectivity index (χ4n) is 5.23. The molecule has 0 saturated heterocycles. The molecule has 2 atom stereocenters. The maximum atomic E-state index is 12.2. The van der Waals surface area contributed by atoms with Crippen molar-refractivity contribution in [1.29, 1.82) is 0 Å². The highest BCUT2D eigenvalue weighted by Gasteiger charge is 2.34. The second-order valence-corrected chi connectivity index (χ2v) is 11.2. The smallest absolute Gasteiger partial charge is 0.229 e.